The van der Waals surface area contributed by atoms with Crippen molar-refractivity contribution in [2.45, 2.75) is 37.6 Å². The quantitative estimate of drug-likeness (QED) is 0.447. The molecule has 1 unspecified atom stereocenters. The number of likely N-dealkylation sites (N-methyl/N-ethyl adjacent to an activating group) is 1. The number of thiazole rings is 1. The summed E-state index contributed by atoms with van der Waals surface area (Å²) in [5.41, 5.74) is 1.14. The number of aromatic nitrogens is 6. The first-order chi connectivity index (χ1) is 17.1. The second kappa shape index (κ2) is 9.38. The van der Waals surface area contributed by atoms with E-state index in [1.807, 2.05) is 16.3 Å². The summed E-state index contributed by atoms with van der Waals surface area (Å²) in [5, 5.41) is 16.1. The summed E-state index contributed by atoms with van der Waals surface area (Å²) in [4.78, 5) is 38.0. The summed E-state index contributed by atoms with van der Waals surface area (Å²) in [6.45, 7) is 4.26. The number of amides is 1. The van der Waals surface area contributed by atoms with Crippen LogP contribution in [0.5, 0.6) is 0 Å². The molecule has 5 heterocycles. The smallest absolute Gasteiger partial charge is 0.248 e. The molecule has 2 aliphatic heterocycles. The minimum atomic E-state index is -0.360. The lowest BCUT2D eigenvalue weighted by atomic mass is 10.2. The lowest BCUT2D eigenvalue weighted by Crippen LogP contribution is -2.45. The van der Waals surface area contributed by atoms with Crippen molar-refractivity contribution in [1.29, 1.82) is 0 Å². The van der Waals surface area contributed by atoms with Gasteiger partial charge in [-0.3, -0.25) is 9.89 Å². The van der Waals surface area contributed by atoms with Crippen molar-refractivity contribution in [3.8, 4) is 0 Å². The van der Waals surface area contributed by atoms with E-state index in [1.165, 1.54) is 24.2 Å². The molecule has 35 heavy (non-hydrogen) atoms. The highest BCUT2D eigenvalue weighted by molar-refractivity contribution is 7.13. The van der Waals surface area contributed by atoms with Gasteiger partial charge in [-0.25, -0.2) is 4.98 Å². The first kappa shape index (κ1) is 22.2. The fourth-order valence-corrected chi connectivity index (χ4v) is 5.09. The SMILES string of the molecule is CN1CCN(c2nc(Nc3cc(C4CC4)[nH]n3)nc(N3CCCC3C(=O)Nc3nccs3)n2)CC1. The molecule has 0 bridgehead atoms. The van der Waals surface area contributed by atoms with E-state index in [9.17, 15) is 4.79 Å². The molecule has 6 rings (SSSR count). The maximum absolute atomic E-state index is 13.1. The summed E-state index contributed by atoms with van der Waals surface area (Å²) in [6, 6.07) is 1.66. The number of carbonyl (C=O) groups is 1. The van der Waals surface area contributed by atoms with E-state index in [-0.39, 0.29) is 11.9 Å². The van der Waals surface area contributed by atoms with Gasteiger partial charge in [0.15, 0.2) is 10.9 Å². The van der Waals surface area contributed by atoms with Crippen molar-refractivity contribution >= 4 is 46.0 Å². The van der Waals surface area contributed by atoms with E-state index in [1.54, 1.807) is 6.20 Å². The third-order valence-electron chi connectivity index (χ3n) is 6.73. The van der Waals surface area contributed by atoms with Crippen molar-refractivity contribution in [3.05, 3.63) is 23.3 Å². The van der Waals surface area contributed by atoms with Gasteiger partial charge in [-0.15, -0.1) is 11.3 Å². The number of hydrogen-bond donors (Lipinski definition) is 3. The zero-order valence-corrected chi connectivity index (χ0v) is 20.5. The monoisotopic (exact) mass is 495 g/mol. The fraction of sp³-hybridized carbons (Fsp3) is 0.545. The summed E-state index contributed by atoms with van der Waals surface area (Å²) in [5.74, 6) is 2.74. The van der Waals surface area contributed by atoms with Crippen molar-refractivity contribution in [2.75, 3.05) is 60.2 Å². The summed E-state index contributed by atoms with van der Waals surface area (Å²) in [6.07, 6.45) is 5.70. The molecule has 1 saturated carbocycles. The Morgan fingerprint density at radius 3 is 2.69 bits per heavy atom. The van der Waals surface area contributed by atoms with Gasteiger partial charge < -0.3 is 25.3 Å². The van der Waals surface area contributed by atoms with Crippen LogP contribution in [-0.4, -0.2) is 86.8 Å². The van der Waals surface area contributed by atoms with E-state index >= 15 is 0 Å². The number of carbonyl (C=O) groups excluding carboxylic acids is 1. The number of aromatic amines is 1. The Balaban J connectivity index is 1.28. The van der Waals surface area contributed by atoms with Gasteiger partial charge in [-0.1, -0.05) is 0 Å². The molecule has 3 aliphatic rings. The summed E-state index contributed by atoms with van der Waals surface area (Å²) in [7, 11) is 2.12. The highest BCUT2D eigenvalue weighted by Gasteiger charge is 2.34. The van der Waals surface area contributed by atoms with Gasteiger partial charge >= 0.3 is 0 Å². The van der Waals surface area contributed by atoms with Crippen LogP contribution in [0.2, 0.25) is 0 Å². The Labute approximate surface area is 207 Å². The normalized spacial score (nSPS) is 20.9. The first-order valence-corrected chi connectivity index (χ1v) is 13.0. The van der Waals surface area contributed by atoms with Crippen LogP contribution in [0.3, 0.4) is 0 Å². The largest absolute Gasteiger partial charge is 0.338 e. The number of nitrogens with one attached hydrogen (secondary N) is 3. The maximum atomic E-state index is 13.1. The molecule has 3 aromatic heterocycles. The number of H-pyrrole nitrogens is 1. The van der Waals surface area contributed by atoms with Gasteiger partial charge in [-0.05, 0) is 32.7 Å². The van der Waals surface area contributed by atoms with Crippen LogP contribution in [0.1, 0.15) is 37.3 Å². The second-order valence-corrected chi connectivity index (χ2v) is 10.2. The van der Waals surface area contributed by atoms with E-state index in [2.05, 4.69) is 42.7 Å². The molecular formula is C22H29N11OS. The predicted octanol–water partition coefficient (Wildman–Crippen LogP) is 2.03. The van der Waals surface area contributed by atoms with Gasteiger partial charge in [0, 0.05) is 62.0 Å². The van der Waals surface area contributed by atoms with Gasteiger partial charge in [-0.2, -0.15) is 20.1 Å². The number of anilines is 5. The predicted molar refractivity (Wildman–Crippen MR) is 134 cm³/mol. The van der Waals surface area contributed by atoms with Crippen LogP contribution in [0, 0.1) is 0 Å². The Morgan fingerprint density at radius 2 is 1.91 bits per heavy atom. The first-order valence-electron chi connectivity index (χ1n) is 12.1. The Hall–Kier alpha value is -3.32. The fourth-order valence-electron chi connectivity index (χ4n) is 4.56. The molecule has 1 atom stereocenters. The Bertz CT molecular complexity index is 1170. The zero-order chi connectivity index (χ0) is 23.8. The van der Waals surface area contributed by atoms with Gasteiger partial charge in [0.2, 0.25) is 23.8 Å². The highest BCUT2D eigenvalue weighted by atomic mass is 32.1. The number of piperazine rings is 1. The zero-order valence-electron chi connectivity index (χ0n) is 19.6. The highest BCUT2D eigenvalue weighted by Crippen LogP contribution is 2.39. The number of rotatable bonds is 7. The molecule has 2 saturated heterocycles. The van der Waals surface area contributed by atoms with Crippen LogP contribution in [-0.2, 0) is 4.79 Å². The lowest BCUT2D eigenvalue weighted by molar-refractivity contribution is -0.117. The molecule has 1 amide bonds. The lowest BCUT2D eigenvalue weighted by Gasteiger charge is -2.33. The molecule has 0 spiro atoms. The topological polar surface area (TPSA) is 131 Å². The third kappa shape index (κ3) is 4.91. The van der Waals surface area contributed by atoms with E-state index < -0.39 is 0 Å². The minimum absolute atomic E-state index is 0.0881. The average molecular weight is 496 g/mol. The van der Waals surface area contributed by atoms with Crippen LogP contribution in [0.15, 0.2) is 17.6 Å². The van der Waals surface area contributed by atoms with Crippen LogP contribution in [0.25, 0.3) is 0 Å². The van der Waals surface area contributed by atoms with Crippen LogP contribution in [0.4, 0.5) is 28.8 Å². The molecular weight excluding hydrogens is 466 g/mol. The molecule has 3 aromatic rings. The third-order valence-corrected chi connectivity index (χ3v) is 7.42. The van der Waals surface area contributed by atoms with Crippen LogP contribution >= 0.6 is 11.3 Å². The van der Waals surface area contributed by atoms with Crippen molar-refractivity contribution in [1.82, 2.24) is 35.0 Å². The molecule has 12 nitrogen and oxygen atoms in total. The Morgan fingerprint density at radius 1 is 1.09 bits per heavy atom. The maximum Gasteiger partial charge on any atom is 0.248 e. The number of hydrogen-bond acceptors (Lipinski definition) is 11. The molecule has 0 radical (unpaired) electrons. The molecule has 3 N–H and O–H groups in total. The standard InChI is InChI=1S/C22H29N11OS/c1-31-8-10-32(11-9-31)20-26-19(24-17-13-15(29-30-17)14-4-5-14)27-21(28-20)33-7-2-3-16(33)18(34)25-22-23-6-12-35-22/h6,12-14,16H,2-5,7-11H2,1H3,(H,23,25,34)(H2,24,26,27,28,29,30). The van der Waals surface area contributed by atoms with E-state index in [0.29, 0.717) is 41.3 Å². The molecule has 13 heteroatoms. The second-order valence-electron chi connectivity index (χ2n) is 9.34. The molecule has 0 aromatic carbocycles. The summed E-state index contributed by atoms with van der Waals surface area (Å²) >= 11 is 1.41. The van der Waals surface area contributed by atoms with Crippen molar-refractivity contribution in [3.63, 3.8) is 0 Å². The van der Waals surface area contributed by atoms with Gasteiger partial charge in [0.1, 0.15) is 6.04 Å². The van der Waals surface area contributed by atoms with E-state index in [4.69, 9.17) is 15.0 Å². The average Bonchev–Trinajstić information content (AvgIpc) is 3.24. The summed E-state index contributed by atoms with van der Waals surface area (Å²) < 4.78 is 0. The van der Waals surface area contributed by atoms with Gasteiger partial charge in [0.05, 0.1) is 0 Å². The Kier molecular flexibility index (Phi) is 5.94. The van der Waals surface area contributed by atoms with Crippen molar-refractivity contribution in [2.24, 2.45) is 0 Å². The molecule has 184 valence electrons. The van der Waals surface area contributed by atoms with Crippen molar-refractivity contribution < 1.29 is 4.79 Å². The van der Waals surface area contributed by atoms with Gasteiger partial charge in [0.25, 0.3) is 0 Å². The molecule has 1 aliphatic carbocycles. The number of nitrogens with zero attached hydrogens (tertiary/aromatic N) is 8. The molecule has 3 fully saturated rings. The minimum Gasteiger partial charge on any atom is -0.338 e. The van der Waals surface area contributed by atoms with E-state index in [0.717, 1.165) is 44.7 Å². The van der Waals surface area contributed by atoms with Crippen LogP contribution < -0.4 is 20.4 Å².